The lowest BCUT2D eigenvalue weighted by Gasteiger charge is -2.12. The summed E-state index contributed by atoms with van der Waals surface area (Å²) in [6.45, 7) is 1.97. The molecule has 110 valence electrons. The van der Waals surface area contributed by atoms with Crippen LogP contribution in [0.3, 0.4) is 0 Å². The van der Waals surface area contributed by atoms with Crippen molar-refractivity contribution in [1.29, 1.82) is 0 Å². The fourth-order valence-corrected chi connectivity index (χ4v) is 2.73. The summed E-state index contributed by atoms with van der Waals surface area (Å²) in [6, 6.07) is 6.73. The standard InChI is InChI=1S/C15H15ClN2O3/c1-8-5-6-11(21-8)13-17-14(19)12(15(20)18-13)9-3-2-4-10(16)7-9/h2-4,7-8,11H,5-6H2,1H3,(H2,17,18,19,20). The van der Waals surface area contributed by atoms with Gasteiger partial charge in [0.05, 0.1) is 6.10 Å². The molecule has 5 nitrogen and oxygen atoms in total. The van der Waals surface area contributed by atoms with Crippen molar-refractivity contribution < 1.29 is 9.84 Å². The third-order valence-corrected chi connectivity index (χ3v) is 3.80. The quantitative estimate of drug-likeness (QED) is 0.894. The predicted molar refractivity (Wildman–Crippen MR) is 79.5 cm³/mol. The Kier molecular flexibility index (Phi) is 3.69. The van der Waals surface area contributed by atoms with E-state index in [1.54, 1.807) is 24.3 Å². The van der Waals surface area contributed by atoms with Crippen molar-refractivity contribution in [3.63, 3.8) is 0 Å². The Morgan fingerprint density at radius 2 is 2.24 bits per heavy atom. The van der Waals surface area contributed by atoms with Gasteiger partial charge in [0.2, 0.25) is 5.88 Å². The first-order chi connectivity index (χ1) is 10.0. The van der Waals surface area contributed by atoms with E-state index in [-0.39, 0.29) is 23.7 Å². The fraction of sp³-hybridized carbons (Fsp3) is 0.333. The highest BCUT2D eigenvalue weighted by Gasteiger charge is 2.26. The molecule has 1 aliphatic rings. The van der Waals surface area contributed by atoms with Gasteiger partial charge >= 0.3 is 0 Å². The average Bonchev–Trinajstić information content (AvgIpc) is 2.85. The van der Waals surface area contributed by atoms with Crippen LogP contribution in [0.5, 0.6) is 5.88 Å². The Morgan fingerprint density at radius 3 is 2.86 bits per heavy atom. The molecule has 3 rings (SSSR count). The molecule has 1 saturated heterocycles. The molecule has 2 heterocycles. The molecule has 21 heavy (non-hydrogen) atoms. The number of hydrogen-bond acceptors (Lipinski definition) is 4. The van der Waals surface area contributed by atoms with Gasteiger partial charge in [-0.25, -0.2) is 0 Å². The molecule has 2 N–H and O–H groups in total. The van der Waals surface area contributed by atoms with E-state index < -0.39 is 5.56 Å². The Labute approximate surface area is 126 Å². The molecule has 2 aromatic rings. The highest BCUT2D eigenvalue weighted by molar-refractivity contribution is 6.30. The number of benzene rings is 1. The number of rotatable bonds is 2. The Bertz CT molecular complexity index is 729. The van der Waals surface area contributed by atoms with E-state index in [4.69, 9.17) is 16.3 Å². The molecule has 2 atom stereocenters. The smallest absolute Gasteiger partial charge is 0.262 e. The molecule has 0 spiro atoms. The summed E-state index contributed by atoms with van der Waals surface area (Å²) >= 11 is 5.92. The van der Waals surface area contributed by atoms with Gasteiger partial charge in [0.15, 0.2) is 0 Å². The summed E-state index contributed by atoms with van der Waals surface area (Å²) in [5.74, 6) is 0.0618. The van der Waals surface area contributed by atoms with Gasteiger partial charge in [0, 0.05) is 5.02 Å². The predicted octanol–water partition coefficient (Wildman–Crippen LogP) is 3.04. The van der Waals surface area contributed by atoms with E-state index in [2.05, 4.69) is 9.97 Å². The van der Waals surface area contributed by atoms with Crippen molar-refractivity contribution >= 4 is 11.6 Å². The second kappa shape index (κ2) is 5.50. The first-order valence-corrected chi connectivity index (χ1v) is 7.17. The molecule has 0 radical (unpaired) electrons. The van der Waals surface area contributed by atoms with Crippen molar-refractivity contribution in [2.24, 2.45) is 0 Å². The molecule has 0 bridgehead atoms. The zero-order valence-corrected chi connectivity index (χ0v) is 12.2. The average molecular weight is 307 g/mol. The first-order valence-electron chi connectivity index (χ1n) is 6.79. The molecule has 1 fully saturated rings. The molecule has 1 aromatic heterocycles. The Morgan fingerprint density at radius 1 is 1.43 bits per heavy atom. The van der Waals surface area contributed by atoms with E-state index in [9.17, 15) is 9.90 Å². The highest BCUT2D eigenvalue weighted by Crippen LogP contribution is 2.32. The van der Waals surface area contributed by atoms with Crippen LogP contribution in [0.2, 0.25) is 5.02 Å². The van der Waals surface area contributed by atoms with Gasteiger partial charge in [-0.2, -0.15) is 4.98 Å². The molecular formula is C15H15ClN2O3. The molecule has 6 heteroatoms. The van der Waals surface area contributed by atoms with Crippen molar-refractivity contribution in [3.8, 4) is 17.0 Å². The maximum absolute atomic E-state index is 12.3. The Balaban J connectivity index is 2.03. The minimum atomic E-state index is -0.400. The monoisotopic (exact) mass is 306 g/mol. The van der Waals surface area contributed by atoms with E-state index in [0.717, 1.165) is 12.8 Å². The topological polar surface area (TPSA) is 75.2 Å². The van der Waals surface area contributed by atoms with Crippen LogP contribution in [0.15, 0.2) is 29.1 Å². The molecule has 1 aliphatic heterocycles. The highest BCUT2D eigenvalue weighted by atomic mass is 35.5. The molecule has 0 saturated carbocycles. The maximum Gasteiger partial charge on any atom is 0.262 e. The van der Waals surface area contributed by atoms with E-state index in [1.807, 2.05) is 6.92 Å². The summed E-state index contributed by atoms with van der Waals surface area (Å²) in [5.41, 5.74) is 0.247. The Hall–Kier alpha value is -1.85. The van der Waals surface area contributed by atoms with Crippen LogP contribution in [0, 0.1) is 0 Å². The zero-order valence-electron chi connectivity index (χ0n) is 11.5. The number of nitrogens with zero attached hydrogens (tertiary/aromatic N) is 1. The molecule has 1 aromatic carbocycles. The summed E-state index contributed by atoms with van der Waals surface area (Å²) in [6.07, 6.45) is 1.55. The largest absolute Gasteiger partial charge is 0.493 e. The summed E-state index contributed by atoms with van der Waals surface area (Å²) in [4.78, 5) is 19.0. The molecule has 0 aliphatic carbocycles. The third kappa shape index (κ3) is 2.80. The lowest BCUT2D eigenvalue weighted by atomic mass is 10.1. The van der Waals surface area contributed by atoms with E-state index in [1.165, 1.54) is 0 Å². The van der Waals surface area contributed by atoms with Crippen LogP contribution in [-0.4, -0.2) is 21.2 Å². The van der Waals surface area contributed by atoms with Crippen LogP contribution in [-0.2, 0) is 4.74 Å². The van der Waals surface area contributed by atoms with Crippen LogP contribution in [0.1, 0.15) is 31.7 Å². The van der Waals surface area contributed by atoms with Gasteiger partial charge in [-0.1, -0.05) is 23.7 Å². The number of halogens is 1. The lowest BCUT2D eigenvalue weighted by Crippen LogP contribution is -2.16. The number of hydrogen-bond donors (Lipinski definition) is 2. The van der Waals surface area contributed by atoms with Gasteiger partial charge in [0.1, 0.15) is 17.5 Å². The number of H-pyrrole nitrogens is 1. The van der Waals surface area contributed by atoms with Crippen LogP contribution in [0.25, 0.3) is 11.1 Å². The number of nitrogens with one attached hydrogen (secondary N) is 1. The SMILES string of the molecule is CC1CCC(c2nc(O)c(-c3cccc(Cl)c3)c(=O)[nH]2)O1. The van der Waals surface area contributed by atoms with Crippen molar-refractivity contribution in [3.05, 3.63) is 45.5 Å². The normalized spacial score (nSPS) is 21.6. The third-order valence-electron chi connectivity index (χ3n) is 3.57. The van der Waals surface area contributed by atoms with Gasteiger partial charge in [-0.05, 0) is 37.5 Å². The minimum Gasteiger partial charge on any atom is -0.493 e. The first kappa shape index (κ1) is 14.1. The van der Waals surface area contributed by atoms with Crippen LogP contribution in [0.4, 0.5) is 0 Å². The van der Waals surface area contributed by atoms with Crippen LogP contribution >= 0.6 is 11.6 Å². The fourth-order valence-electron chi connectivity index (χ4n) is 2.54. The number of aromatic amines is 1. The number of aromatic nitrogens is 2. The zero-order chi connectivity index (χ0) is 15.0. The molecule has 2 unspecified atom stereocenters. The van der Waals surface area contributed by atoms with Crippen molar-refractivity contribution in [2.45, 2.75) is 32.0 Å². The van der Waals surface area contributed by atoms with E-state index in [0.29, 0.717) is 16.4 Å². The van der Waals surface area contributed by atoms with Gasteiger partial charge in [0.25, 0.3) is 5.56 Å². The molecule has 0 amide bonds. The molecular weight excluding hydrogens is 292 g/mol. The minimum absolute atomic E-state index is 0.118. The van der Waals surface area contributed by atoms with Crippen molar-refractivity contribution in [2.75, 3.05) is 0 Å². The van der Waals surface area contributed by atoms with E-state index >= 15 is 0 Å². The summed E-state index contributed by atoms with van der Waals surface area (Å²) in [7, 11) is 0. The number of ether oxygens (including phenoxy) is 1. The van der Waals surface area contributed by atoms with Gasteiger partial charge < -0.3 is 14.8 Å². The van der Waals surface area contributed by atoms with Crippen molar-refractivity contribution in [1.82, 2.24) is 9.97 Å². The number of aromatic hydroxyl groups is 1. The van der Waals surface area contributed by atoms with Gasteiger partial charge in [-0.15, -0.1) is 0 Å². The summed E-state index contributed by atoms with van der Waals surface area (Å²) < 4.78 is 5.66. The second-order valence-corrected chi connectivity index (χ2v) is 5.61. The van der Waals surface area contributed by atoms with Crippen LogP contribution < -0.4 is 5.56 Å². The maximum atomic E-state index is 12.3. The second-order valence-electron chi connectivity index (χ2n) is 5.17. The van der Waals surface area contributed by atoms with Gasteiger partial charge in [-0.3, -0.25) is 4.79 Å². The lowest BCUT2D eigenvalue weighted by molar-refractivity contribution is 0.0498. The summed E-state index contributed by atoms with van der Waals surface area (Å²) in [5, 5.41) is 10.6.